The summed E-state index contributed by atoms with van der Waals surface area (Å²) in [6, 6.07) is 0. The Bertz CT molecular complexity index is 4110. The van der Waals surface area contributed by atoms with Gasteiger partial charge in [0.2, 0.25) is 0 Å². The molecule has 19 saturated carbocycles. The summed E-state index contributed by atoms with van der Waals surface area (Å²) in [4.78, 5) is 87.7. The van der Waals surface area contributed by atoms with Gasteiger partial charge < -0.3 is 76.5 Å². The number of rotatable bonds is 33. The van der Waals surface area contributed by atoms with Gasteiger partial charge in [-0.3, -0.25) is 19.2 Å². The molecule has 838 valence electrons. The van der Waals surface area contributed by atoms with Gasteiger partial charge in [0.15, 0.2) is 12.6 Å². The van der Waals surface area contributed by atoms with E-state index in [-0.39, 0.29) is 79.1 Å². The number of fused-ring (bicyclic) bond motifs is 1. The van der Waals surface area contributed by atoms with Crippen LogP contribution in [0.25, 0.3) is 0 Å². The fourth-order valence-corrected chi connectivity index (χ4v) is 28.8. The van der Waals surface area contributed by atoms with Crippen LogP contribution in [0.1, 0.15) is 542 Å². The summed E-state index contributed by atoms with van der Waals surface area (Å²) in [5.74, 6) is 5.38. The standard InChI is InChI=1S/C23H40O5.C22H38O5.C21H34O5.C20H34O4.C19H36O2.C17H30O2/c1-7-9-21(5,6)27-19(25)28-23-13-16-10-17(14-23)12-22(11-16,15-23)26-18(24)20(3,4)8-2;1-7-19(3,4)17(23)25-21-10-15-9-16(11-21)13-22(12-15,14-21)27-18(24)26-20(5,6)8-2;1-7-19(5,6)16(22)24-20-9-14-8-15(10-20)12-21(11-14,13-20)26-17(23)25-18(2,3)4;1-5-7-22-14-23-19-9-15-8-16(10-19)12-20(11-15,13-19)24-17(21)18(3,4)6-2;1-5-18(2,3)17(20)21-19(4)15-13-11-9-7-6-8-10-12-14-16-19;1-5-16(2,3)15(18)19-17(4)12-8-10-13-9-6-7-11-14(13)17/h16-18,24H,7-15H2,1-6H3;15-17,23H,7-14H2,1-6H3;14-15H,7-13H2,1-6H3;15-16H,5-14H2,1-4H3;5-16H2,1-4H3;13-14H,5-12H2,1-4H3. The first-order valence-electron chi connectivity index (χ1n) is 58.9. The molecule has 23 nitrogen and oxygen atoms in total. The maximum absolute atomic E-state index is 12.7. The summed E-state index contributed by atoms with van der Waals surface area (Å²) in [5, 5.41) is 21.5. The van der Waals surface area contributed by atoms with Crippen LogP contribution in [0, 0.1) is 91.7 Å². The number of aliphatic hydroxyl groups is 2. The van der Waals surface area contributed by atoms with Gasteiger partial charge in [-0.05, 0) is 409 Å². The summed E-state index contributed by atoms with van der Waals surface area (Å²) in [6.07, 6.45) is 50.6. The van der Waals surface area contributed by atoms with Crippen molar-refractivity contribution in [3.63, 3.8) is 0 Å². The smallest absolute Gasteiger partial charge is 0.459 e. The van der Waals surface area contributed by atoms with Crippen molar-refractivity contribution in [1.29, 1.82) is 0 Å². The molecule has 0 saturated heterocycles. The Morgan fingerprint density at radius 3 is 0.959 bits per heavy atom. The van der Waals surface area contributed by atoms with Gasteiger partial charge in [0.05, 0.1) is 38.5 Å². The normalized spacial score (nSPS) is 34.2. The topological polar surface area (TPSA) is 289 Å². The molecule has 0 spiro atoms. The van der Waals surface area contributed by atoms with Crippen molar-refractivity contribution in [3.8, 4) is 0 Å². The summed E-state index contributed by atoms with van der Waals surface area (Å²) >= 11 is 0. The van der Waals surface area contributed by atoms with Crippen molar-refractivity contribution in [1.82, 2.24) is 0 Å². The van der Waals surface area contributed by atoms with Crippen LogP contribution in [-0.2, 0) is 85.5 Å². The van der Waals surface area contributed by atoms with E-state index in [1.165, 1.54) is 116 Å². The SMILES string of the molecule is CCC(C)(C)C(=O)OC1(C)CCCC2CCCCC21.CCC(C)(C)C(=O)OC1(C)CCCCCCCCCCC1.CCC(C)(C)C(=O)OC12CC3CC(CC(OC(=O)OC(C)(C)C)(C3)C1)C2.CCC(C)(C)OC(=O)OC12CC3CC(C1)CC(OC(O)C(C)(C)CC)(C3)C2.CCCC(C)(C)OC(=O)OC12CC3CC(C1)CC(OC(O)C(C)(C)CC)(C3)C2.CCCOCOC12CC3CC(C1)CC(OC(=O)C(C)(C)CC)(C3)C2. The number of carbonyl (C=O) groups is 7. The number of esters is 4. The van der Waals surface area contributed by atoms with Gasteiger partial charge in [-0.1, -0.05) is 161 Å². The third-order valence-electron chi connectivity index (χ3n) is 38.6. The van der Waals surface area contributed by atoms with Crippen molar-refractivity contribution >= 4 is 42.3 Å². The fraction of sp³-hybridized carbons (Fsp3) is 0.943. The van der Waals surface area contributed by atoms with Crippen molar-refractivity contribution in [2.45, 2.75) is 627 Å². The quantitative estimate of drug-likeness (QED) is 0.0267. The van der Waals surface area contributed by atoms with Gasteiger partial charge in [0.1, 0.15) is 62.8 Å². The van der Waals surface area contributed by atoms with Crippen molar-refractivity contribution in [2.24, 2.45) is 91.7 Å². The largest absolute Gasteiger partial charge is 0.509 e. The highest BCUT2D eigenvalue weighted by Crippen LogP contribution is 2.66. The highest BCUT2D eigenvalue weighted by Gasteiger charge is 2.67. The van der Waals surface area contributed by atoms with Gasteiger partial charge in [-0.25, -0.2) is 14.4 Å². The highest BCUT2D eigenvalue weighted by molar-refractivity contribution is 5.78. The van der Waals surface area contributed by atoms with Crippen molar-refractivity contribution in [2.75, 3.05) is 13.4 Å². The summed E-state index contributed by atoms with van der Waals surface area (Å²) in [7, 11) is 0. The molecule has 19 fully saturated rings. The molecule has 0 radical (unpaired) electrons. The molecule has 19 rings (SSSR count). The van der Waals surface area contributed by atoms with Crippen LogP contribution in [0.2, 0.25) is 0 Å². The monoisotopic (exact) mass is 2050 g/mol. The predicted molar refractivity (Wildman–Crippen MR) is 568 cm³/mol. The Hall–Kier alpha value is -4.55. The second kappa shape index (κ2) is 48.6. The highest BCUT2D eigenvalue weighted by atomic mass is 16.8. The fourth-order valence-electron chi connectivity index (χ4n) is 28.8. The van der Waals surface area contributed by atoms with Gasteiger partial charge >= 0.3 is 42.3 Å². The molecule has 0 amide bonds. The first-order chi connectivity index (χ1) is 67.3. The minimum atomic E-state index is -0.804. The number of aliphatic hydroxyl groups excluding tert-OH is 2. The Labute approximate surface area is 879 Å². The predicted octanol–water partition coefficient (Wildman–Crippen LogP) is 31.0. The van der Waals surface area contributed by atoms with E-state index in [1.807, 2.05) is 145 Å². The maximum atomic E-state index is 12.7. The molecule has 19 aliphatic carbocycles. The van der Waals surface area contributed by atoms with E-state index >= 15 is 0 Å². The third-order valence-corrected chi connectivity index (χ3v) is 38.6. The molecular weight excluding hydrogens is 1830 g/mol. The molecule has 0 heterocycles. The second-order valence-corrected chi connectivity index (χ2v) is 56.7. The Balaban J connectivity index is 0.000000179. The zero-order chi connectivity index (χ0) is 108. The third kappa shape index (κ3) is 32.8. The number of hydrogen-bond donors (Lipinski definition) is 2. The Morgan fingerprint density at radius 2 is 0.614 bits per heavy atom. The Kier molecular flexibility index (Phi) is 41.0. The van der Waals surface area contributed by atoms with Crippen LogP contribution >= 0.6 is 0 Å². The summed E-state index contributed by atoms with van der Waals surface area (Å²) in [5.41, 5.74) is -7.41. The molecule has 0 aromatic heterocycles. The Morgan fingerprint density at radius 1 is 0.310 bits per heavy atom. The number of hydrogen-bond acceptors (Lipinski definition) is 23. The number of carbonyl (C=O) groups excluding carboxylic acids is 7. The molecule has 0 aliphatic heterocycles. The molecule has 0 aromatic carbocycles. The lowest BCUT2D eigenvalue weighted by Crippen LogP contribution is -2.62. The molecule has 0 aromatic rings. The minimum Gasteiger partial charge on any atom is -0.459 e. The van der Waals surface area contributed by atoms with E-state index in [2.05, 4.69) is 62.3 Å². The summed E-state index contributed by atoms with van der Waals surface area (Å²) < 4.78 is 83.5. The first-order valence-corrected chi connectivity index (χ1v) is 58.9. The molecule has 16 bridgehead atoms. The van der Waals surface area contributed by atoms with Crippen LogP contribution in [0.3, 0.4) is 0 Å². The van der Waals surface area contributed by atoms with Crippen LogP contribution in [-0.4, -0.2) is 151 Å². The average Bonchev–Trinajstić information content (AvgIpc) is 0.731. The van der Waals surface area contributed by atoms with E-state index in [9.17, 15) is 43.8 Å². The first kappa shape index (κ1) is 122. The van der Waals surface area contributed by atoms with Gasteiger partial charge in [0.25, 0.3) is 0 Å². The molecule has 23 heteroatoms. The molecule has 19 aliphatic rings. The van der Waals surface area contributed by atoms with E-state index in [0.717, 1.165) is 212 Å². The van der Waals surface area contributed by atoms with E-state index in [1.54, 1.807) is 0 Å². The zero-order valence-electron chi connectivity index (χ0n) is 97.6. The maximum Gasteiger partial charge on any atom is 0.509 e. The van der Waals surface area contributed by atoms with E-state index in [4.69, 9.17) is 66.3 Å². The summed E-state index contributed by atoms with van der Waals surface area (Å²) in [6.45, 7) is 61.2. The van der Waals surface area contributed by atoms with Crippen LogP contribution < -0.4 is 0 Å². The molecule has 13 atom stereocenters. The average molecular weight is 2050 g/mol. The van der Waals surface area contributed by atoms with Crippen molar-refractivity contribution < 1.29 is 110 Å². The van der Waals surface area contributed by atoms with E-state index < -0.39 is 81.1 Å². The van der Waals surface area contributed by atoms with Crippen LogP contribution in [0.4, 0.5) is 14.4 Å². The molecule has 13 unspecified atom stereocenters. The molecule has 2 N–H and O–H groups in total. The minimum absolute atomic E-state index is 0.00345. The lowest BCUT2D eigenvalue weighted by molar-refractivity contribution is -0.294. The molecular formula is C122H212O23. The lowest BCUT2D eigenvalue weighted by Gasteiger charge is -2.61. The van der Waals surface area contributed by atoms with Gasteiger partial charge in [-0.15, -0.1) is 0 Å². The van der Waals surface area contributed by atoms with E-state index in [0.29, 0.717) is 79.3 Å². The molecule has 145 heavy (non-hydrogen) atoms. The van der Waals surface area contributed by atoms with Gasteiger partial charge in [0, 0.05) is 49.0 Å². The lowest BCUT2D eigenvalue weighted by atomic mass is 9.52. The number of ether oxygens (including phenoxy) is 14. The van der Waals surface area contributed by atoms with Gasteiger partial charge in [-0.2, -0.15) is 0 Å². The second-order valence-electron chi connectivity index (χ2n) is 56.7. The van der Waals surface area contributed by atoms with Crippen LogP contribution in [0.5, 0.6) is 0 Å². The zero-order valence-corrected chi connectivity index (χ0v) is 97.6. The van der Waals surface area contributed by atoms with Crippen molar-refractivity contribution in [3.05, 3.63) is 0 Å². The van der Waals surface area contributed by atoms with Crippen LogP contribution in [0.15, 0.2) is 0 Å².